The molecule has 3 nitrogen and oxygen atoms in total. The summed E-state index contributed by atoms with van der Waals surface area (Å²) in [4.78, 5) is 4.02. The highest BCUT2D eigenvalue weighted by Gasteiger charge is 1.95. The Morgan fingerprint density at radius 1 is 1.36 bits per heavy atom. The van der Waals surface area contributed by atoms with Crippen LogP contribution in [-0.2, 0) is 6.42 Å². The van der Waals surface area contributed by atoms with Crippen LogP contribution in [0.25, 0.3) is 0 Å². The molecule has 0 atom stereocenters. The van der Waals surface area contributed by atoms with E-state index in [1.54, 1.807) is 12.5 Å². The summed E-state index contributed by atoms with van der Waals surface area (Å²) in [7, 11) is 0. The van der Waals surface area contributed by atoms with E-state index in [0.717, 1.165) is 31.7 Å². The molecule has 0 radical (unpaired) electrons. The molecular weight excluding hydrogens is 140 g/mol. The molecule has 11 heavy (non-hydrogen) atoms. The highest BCUT2D eigenvalue weighted by molar-refractivity contribution is 4.79. The van der Waals surface area contributed by atoms with Gasteiger partial charge in [-0.05, 0) is 19.4 Å². The third kappa shape index (κ3) is 3.18. The average Bonchev–Trinajstić information content (AvgIpc) is 2.50. The Hall–Kier alpha value is -0.830. The van der Waals surface area contributed by atoms with E-state index in [9.17, 15) is 0 Å². The van der Waals surface area contributed by atoms with E-state index in [0.29, 0.717) is 0 Å². The van der Waals surface area contributed by atoms with Gasteiger partial charge in [-0.2, -0.15) is 0 Å². The second-order valence-electron chi connectivity index (χ2n) is 2.53. The van der Waals surface area contributed by atoms with E-state index in [4.69, 9.17) is 10.2 Å². The van der Waals surface area contributed by atoms with Crippen molar-refractivity contribution in [2.45, 2.75) is 25.7 Å². The Kier molecular flexibility index (Phi) is 3.69. The zero-order valence-corrected chi connectivity index (χ0v) is 6.62. The van der Waals surface area contributed by atoms with E-state index in [2.05, 4.69) is 4.98 Å². The van der Waals surface area contributed by atoms with Gasteiger partial charge in [-0.3, -0.25) is 0 Å². The van der Waals surface area contributed by atoms with Crippen LogP contribution >= 0.6 is 0 Å². The number of hydrogen-bond acceptors (Lipinski definition) is 3. The van der Waals surface area contributed by atoms with Crippen LogP contribution in [0.1, 0.15) is 25.2 Å². The highest BCUT2D eigenvalue weighted by Crippen LogP contribution is 2.02. The van der Waals surface area contributed by atoms with Crippen molar-refractivity contribution in [1.82, 2.24) is 4.98 Å². The summed E-state index contributed by atoms with van der Waals surface area (Å²) < 4.78 is 5.07. The van der Waals surface area contributed by atoms with Gasteiger partial charge in [-0.25, -0.2) is 4.98 Å². The van der Waals surface area contributed by atoms with Gasteiger partial charge in [0.2, 0.25) is 0 Å². The van der Waals surface area contributed by atoms with Gasteiger partial charge < -0.3 is 10.2 Å². The molecule has 0 aliphatic rings. The van der Waals surface area contributed by atoms with Gasteiger partial charge in [0, 0.05) is 6.42 Å². The van der Waals surface area contributed by atoms with Crippen molar-refractivity contribution < 1.29 is 4.42 Å². The fourth-order valence-corrected chi connectivity index (χ4v) is 0.974. The average molecular weight is 154 g/mol. The molecule has 0 aliphatic heterocycles. The topological polar surface area (TPSA) is 52.0 Å². The van der Waals surface area contributed by atoms with Crippen LogP contribution in [-0.4, -0.2) is 11.5 Å². The van der Waals surface area contributed by atoms with Gasteiger partial charge in [0.25, 0.3) is 0 Å². The Morgan fingerprint density at radius 2 is 2.27 bits per heavy atom. The molecule has 1 rings (SSSR count). The van der Waals surface area contributed by atoms with E-state index < -0.39 is 0 Å². The lowest BCUT2D eigenvalue weighted by Gasteiger charge is -1.94. The van der Waals surface area contributed by atoms with Gasteiger partial charge in [0.05, 0.1) is 6.20 Å². The summed E-state index contributed by atoms with van der Waals surface area (Å²) in [5, 5.41) is 0. The van der Waals surface area contributed by atoms with Crippen LogP contribution in [0, 0.1) is 0 Å². The van der Waals surface area contributed by atoms with E-state index >= 15 is 0 Å². The number of aryl methyl sites for hydroxylation is 1. The molecule has 3 heteroatoms. The Morgan fingerprint density at radius 3 is 2.91 bits per heavy atom. The Balaban J connectivity index is 2.04. The van der Waals surface area contributed by atoms with Crippen molar-refractivity contribution >= 4 is 0 Å². The van der Waals surface area contributed by atoms with Crippen LogP contribution < -0.4 is 5.73 Å². The van der Waals surface area contributed by atoms with Crippen LogP contribution in [0.15, 0.2) is 16.9 Å². The van der Waals surface area contributed by atoms with Gasteiger partial charge in [-0.15, -0.1) is 0 Å². The Bertz CT molecular complexity index is 172. The molecule has 0 amide bonds. The summed E-state index contributed by atoms with van der Waals surface area (Å²) in [6, 6.07) is 0. The van der Waals surface area contributed by atoms with E-state index in [1.165, 1.54) is 6.42 Å². The van der Waals surface area contributed by atoms with E-state index in [1.807, 2.05) is 0 Å². The maximum atomic E-state index is 5.35. The maximum absolute atomic E-state index is 5.35. The maximum Gasteiger partial charge on any atom is 0.193 e. The third-order valence-corrected chi connectivity index (χ3v) is 1.58. The van der Waals surface area contributed by atoms with Crippen molar-refractivity contribution in [2.24, 2.45) is 5.73 Å². The summed E-state index contributed by atoms with van der Waals surface area (Å²) in [5.74, 6) is 0.835. The summed E-state index contributed by atoms with van der Waals surface area (Å²) in [6.07, 6.45) is 7.61. The number of rotatable bonds is 5. The van der Waals surface area contributed by atoms with Gasteiger partial charge >= 0.3 is 0 Å². The quantitative estimate of drug-likeness (QED) is 0.651. The zero-order valence-electron chi connectivity index (χ0n) is 6.62. The highest BCUT2D eigenvalue weighted by atomic mass is 16.3. The fraction of sp³-hybridized carbons (Fsp3) is 0.625. The number of nitrogens with two attached hydrogens (primary N) is 1. The molecule has 2 N–H and O–H groups in total. The van der Waals surface area contributed by atoms with Crippen molar-refractivity contribution in [2.75, 3.05) is 6.54 Å². The summed E-state index contributed by atoms with van der Waals surface area (Å²) >= 11 is 0. The molecular formula is C8H14N2O. The SMILES string of the molecule is NCCCCCc1ncco1. The summed E-state index contributed by atoms with van der Waals surface area (Å²) in [5.41, 5.74) is 5.35. The van der Waals surface area contributed by atoms with Gasteiger partial charge in [0.1, 0.15) is 6.26 Å². The monoisotopic (exact) mass is 154 g/mol. The first kappa shape index (κ1) is 8.27. The number of aromatic nitrogens is 1. The number of oxazole rings is 1. The minimum absolute atomic E-state index is 0.783. The van der Waals surface area contributed by atoms with Gasteiger partial charge in [0.15, 0.2) is 5.89 Å². The molecule has 1 aromatic heterocycles. The van der Waals surface area contributed by atoms with Gasteiger partial charge in [-0.1, -0.05) is 6.42 Å². The number of nitrogens with zero attached hydrogens (tertiary/aromatic N) is 1. The largest absolute Gasteiger partial charge is 0.449 e. The standard InChI is InChI=1S/C8H14N2O/c9-5-3-1-2-4-8-10-6-7-11-8/h6-7H,1-5,9H2. The minimum atomic E-state index is 0.783. The molecule has 1 heterocycles. The molecule has 0 bridgehead atoms. The van der Waals surface area contributed by atoms with Crippen molar-refractivity contribution in [3.8, 4) is 0 Å². The lowest BCUT2D eigenvalue weighted by atomic mass is 10.2. The van der Waals surface area contributed by atoms with Crippen molar-refractivity contribution in [3.05, 3.63) is 18.4 Å². The fourth-order valence-electron chi connectivity index (χ4n) is 0.974. The lowest BCUT2D eigenvalue weighted by molar-refractivity contribution is 0.481. The zero-order chi connectivity index (χ0) is 7.94. The van der Waals surface area contributed by atoms with Crippen LogP contribution in [0.2, 0.25) is 0 Å². The number of hydrogen-bond donors (Lipinski definition) is 1. The number of unbranched alkanes of at least 4 members (excludes halogenated alkanes) is 2. The predicted octanol–water partition coefficient (Wildman–Crippen LogP) is 1.35. The first-order chi connectivity index (χ1) is 5.43. The first-order valence-corrected chi connectivity index (χ1v) is 4.02. The molecule has 1 aromatic rings. The second-order valence-corrected chi connectivity index (χ2v) is 2.53. The predicted molar refractivity (Wildman–Crippen MR) is 43.1 cm³/mol. The van der Waals surface area contributed by atoms with Crippen LogP contribution in [0.4, 0.5) is 0 Å². The molecule has 0 saturated heterocycles. The van der Waals surface area contributed by atoms with Crippen LogP contribution in [0.5, 0.6) is 0 Å². The van der Waals surface area contributed by atoms with Crippen molar-refractivity contribution in [1.29, 1.82) is 0 Å². The molecule has 0 aromatic carbocycles. The molecule has 0 saturated carbocycles. The minimum Gasteiger partial charge on any atom is -0.449 e. The molecule has 62 valence electrons. The normalized spacial score (nSPS) is 10.3. The third-order valence-electron chi connectivity index (χ3n) is 1.58. The molecule has 0 aliphatic carbocycles. The van der Waals surface area contributed by atoms with E-state index in [-0.39, 0.29) is 0 Å². The molecule has 0 spiro atoms. The summed E-state index contributed by atoms with van der Waals surface area (Å²) in [6.45, 7) is 0.783. The Labute approximate surface area is 66.6 Å². The lowest BCUT2D eigenvalue weighted by Crippen LogP contribution is -1.98. The second kappa shape index (κ2) is 4.91. The van der Waals surface area contributed by atoms with Crippen LogP contribution in [0.3, 0.4) is 0 Å². The smallest absolute Gasteiger partial charge is 0.193 e. The first-order valence-electron chi connectivity index (χ1n) is 4.02. The molecule has 0 unspecified atom stereocenters. The van der Waals surface area contributed by atoms with Crippen molar-refractivity contribution in [3.63, 3.8) is 0 Å². The molecule has 0 fully saturated rings.